The largest absolute Gasteiger partial charge is 0.457 e. The van der Waals surface area contributed by atoms with Crippen LogP contribution in [0.4, 0.5) is 0 Å². The zero-order chi connectivity index (χ0) is 42.2. The number of aliphatic hydroxyl groups excluding tert-OH is 1. The monoisotopic (exact) mass is 936 g/mol. The first-order valence-corrected chi connectivity index (χ1v) is 21.0. The van der Waals surface area contributed by atoms with Gasteiger partial charge in [0.1, 0.15) is 30.0 Å². The summed E-state index contributed by atoms with van der Waals surface area (Å²) in [5.41, 5.74) is -0.562. The molecule has 0 aromatic heterocycles. The van der Waals surface area contributed by atoms with E-state index in [1.54, 1.807) is 109 Å². The number of aliphatic hydroxyl groups is 2. The van der Waals surface area contributed by atoms with Crippen LogP contribution in [0.25, 0.3) is 0 Å². The van der Waals surface area contributed by atoms with E-state index in [0.29, 0.717) is 41.7 Å². The highest BCUT2D eigenvalue weighted by Crippen LogP contribution is 2.45. The quantitative estimate of drug-likeness (QED) is 0.0985. The third kappa shape index (κ3) is 11.4. The number of esters is 4. The lowest BCUT2D eigenvalue weighted by molar-refractivity contribution is -0.182. The maximum atomic E-state index is 12.7. The molecular formula is C45H46Br2O12. The van der Waals surface area contributed by atoms with Crippen LogP contribution in [-0.4, -0.2) is 98.4 Å². The Hall–Kier alpha value is -4.44. The molecule has 0 radical (unpaired) electrons. The van der Waals surface area contributed by atoms with Crippen molar-refractivity contribution in [2.24, 2.45) is 0 Å². The number of hydrogen-bond donors (Lipinski definition) is 2. The Bertz CT molecular complexity index is 1910. The highest BCUT2D eigenvalue weighted by Gasteiger charge is 2.55. The Morgan fingerprint density at radius 3 is 1.10 bits per heavy atom. The van der Waals surface area contributed by atoms with E-state index in [-0.39, 0.29) is 17.7 Å². The van der Waals surface area contributed by atoms with E-state index in [0.717, 1.165) is 0 Å². The summed E-state index contributed by atoms with van der Waals surface area (Å²) in [6.45, 7) is 3.49. The zero-order valence-electron chi connectivity index (χ0n) is 32.5. The molecule has 3 fully saturated rings. The van der Waals surface area contributed by atoms with Gasteiger partial charge in [-0.15, -0.1) is 0 Å². The topological polar surface area (TPSA) is 164 Å². The summed E-state index contributed by atoms with van der Waals surface area (Å²) < 4.78 is 34.9. The minimum atomic E-state index is -1.52. The van der Waals surface area contributed by atoms with Crippen molar-refractivity contribution in [3.8, 4) is 0 Å². The average molecular weight is 939 g/mol. The lowest BCUT2D eigenvalue weighted by Crippen LogP contribution is -2.54. The Kier molecular flexibility index (Phi) is 14.4. The Morgan fingerprint density at radius 1 is 0.559 bits per heavy atom. The van der Waals surface area contributed by atoms with Crippen molar-refractivity contribution >= 4 is 55.7 Å². The van der Waals surface area contributed by atoms with Crippen LogP contribution in [-0.2, 0) is 28.4 Å². The Balaban J connectivity index is 0.000000199. The number of carbonyl (C=O) groups is 4. The second-order valence-electron chi connectivity index (χ2n) is 15.3. The van der Waals surface area contributed by atoms with Crippen LogP contribution in [0.5, 0.6) is 0 Å². The summed E-state index contributed by atoms with van der Waals surface area (Å²) in [6, 6.07) is 34.6. The summed E-state index contributed by atoms with van der Waals surface area (Å²) in [5.74, 6) is -2.73. The van der Waals surface area contributed by atoms with Crippen molar-refractivity contribution in [3.05, 3.63) is 144 Å². The first-order valence-electron chi connectivity index (χ1n) is 19.2. The van der Waals surface area contributed by atoms with Crippen LogP contribution in [0.3, 0.4) is 0 Å². The van der Waals surface area contributed by atoms with Crippen molar-refractivity contribution in [2.45, 2.75) is 90.6 Å². The molecule has 2 aliphatic carbocycles. The molecule has 1 spiro atoms. The van der Waals surface area contributed by atoms with Crippen LogP contribution < -0.4 is 0 Å². The summed E-state index contributed by atoms with van der Waals surface area (Å²) in [5, 5.41) is 20.3. The fourth-order valence-corrected chi connectivity index (χ4v) is 8.52. The predicted octanol–water partition coefficient (Wildman–Crippen LogP) is 7.23. The summed E-state index contributed by atoms with van der Waals surface area (Å²) in [4.78, 5) is 49.3. The molecule has 3 aliphatic rings. The molecule has 312 valence electrons. The van der Waals surface area contributed by atoms with E-state index >= 15 is 0 Å². The van der Waals surface area contributed by atoms with Crippen LogP contribution in [0, 0.1) is 0 Å². The molecule has 7 rings (SSSR count). The van der Waals surface area contributed by atoms with E-state index in [1.807, 2.05) is 26.0 Å². The highest BCUT2D eigenvalue weighted by molar-refractivity contribution is 9.09. The number of hydrogen-bond acceptors (Lipinski definition) is 12. The standard InChI is InChI=1S/C24H25BrO6.C21H21BrO6/c1-23(2)28-15-24(31-23)13-18(29-21(26)16-9-5-3-6-10-16)20(25)19(14-24)30-22(27)17-11-7-4-8-12-17;22-18-16(27-19(24)14-7-3-1-4-8-14)11-21(26,13-23)12-17(18)28-20(25)15-9-5-2-6-10-15/h3-12,18-20H,13-15H2,1-2H3;1-10,16-18,23,26H,11-13H2/t18-,19-,20?,24?;16-,17-,18?,21?/m11/s1. The van der Waals surface area contributed by atoms with Gasteiger partial charge >= 0.3 is 23.9 Å². The lowest BCUT2D eigenvalue weighted by atomic mass is 9.81. The highest BCUT2D eigenvalue weighted by atomic mass is 79.9. The van der Waals surface area contributed by atoms with Gasteiger partial charge in [0.25, 0.3) is 0 Å². The Morgan fingerprint density at radius 2 is 0.847 bits per heavy atom. The molecule has 0 unspecified atom stereocenters. The molecular weight excluding hydrogens is 892 g/mol. The molecule has 2 saturated carbocycles. The van der Waals surface area contributed by atoms with E-state index < -0.39 is 76.7 Å². The summed E-state index contributed by atoms with van der Waals surface area (Å²) in [7, 11) is 0. The maximum absolute atomic E-state index is 12.7. The van der Waals surface area contributed by atoms with Crippen LogP contribution in [0.2, 0.25) is 0 Å². The summed E-state index contributed by atoms with van der Waals surface area (Å²) in [6.07, 6.45) is -1.77. The van der Waals surface area contributed by atoms with Crippen molar-refractivity contribution in [3.63, 3.8) is 0 Å². The summed E-state index contributed by atoms with van der Waals surface area (Å²) >= 11 is 7.09. The van der Waals surface area contributed by atoms with Gasteiger partial charge in [-0.05, 0) is 62.4 Å². The molecule has 59 heavy (non-hydrogen) atoms. The first kappa shape index (κ1) is 44.1. The third-order valence-electron chi connectivity index (χ3n) is 10.2. The van der Waals surface area contributed by atoms with Gasteiger partial charge in [0.15, 0.2) is 5.79 Å². The third-order valence-corrected chi connectivity index (χ3v) is 12.6. The SMILES string of the molecule is CC1(C)OCC2(C[C@@H](OC(=O)c3ccccc3)C(Br)[C@H](OC(=O)c3ccccc3)C2)O1.O=C(O[C@@H]1CC(O)(CO)C[C@@H](OC(=O)c2ccccc2)C1Br)c1ccccc1. The first-order chi connectivity index (χ1) is 28.2. The van der Waals surface area contributed by atoms with Crippen molar-refractivity contribution < 1.29 is 57.8 Å². The van der Waals surface area contributed by atoms with Gasteiger partial charge in [-0.3, -0.25) is 0 Å². The molecule has 4 aromatic carbocycles. The van der Waals surface area contributed by atoms with E-state index in [9.17, 15) is 29.4 Å². The molecule has 1 saturated heterocycles. The van der Waals surface area contributed by atoms with Crippen LogP contribution in [0.1, 0.15) is 81.0 Å². The number of halogens is 2. The van der Waals surface area contributed by atoms with Crippen molar-refractivity contribution in [1.29, 1.82) is 0 Å². The molecule has 0 amide bonds. The normalized spacial score (nSPS) is 28.3. The second-order valence-corrected chi connectivity index (χ2v) is 17.4. The van der Waals surface area contributed by atoms with Crippen LogP contribution in [0.15, 0.2) is 121 Å². The molecule has 4 atom stereocenters. The van der Waals surface area contributed by atoms with Crippen molar-refractivity contribution in [2.75, 3.05) is 13.2 Å². The van der Waals surface area contributed by atoms with E-state index in [1.165, 1.54) is 0 Å². The zero-order valence-corrected chi connectivity index (χ0v) is 35.7. The lowest BCUT2D eigenvalue weighted by Gasteiger charge is -2.43. The van der Waals surface area contributed by atoms with E-state index in [4.69, 9.17) is 28.4 Å². The number of carbonyl (C=O) groups excluding carboxylic acids is 4. The molecule has 1 aliphatic heterocycles. The molecule has 2 N–H and O–H groups in total. The minimum Gasteiger partial charge on any atom is -0.457 e. The molecule has 1 heterocycles. The Labute approximate surface area is 359 Å². The van der Waals surface area contributed by atoms with Gasteiger partial charge in [0.05, 0.1) is 50.7 Å². The number of alkyl halides is 2. The minimum absolute atomic E-state index is 0.0252. The van der Waals surface area contributed by atoms with Gasteiger partial charge in [-0.1, -0.05) is 105 Å². The van der Waals surface area contributed by atoms with Crippen molar-refractivity contribution in [1.82, 2.24) is 0 Å². The van der Waals surface area contributed by atoms with Crippen LogP contribution >= 0.6 is 31.9 Å². The van der Waals surface area contributed by atoms with Gasteiger partial charge in [-0.25, -0.2) is 19.2 Å². The molecule has 12 nitrogen and oxygen atoms in total. The van der Waals surface area contributed by atoms with E-state index in [2.05, 4.69) is 31.9 Å². The van der Waals surface area contributed by atoms with Gasteiger partial charge in [0.2, 0.25) is 0 Å². The van der Waals surface area contributed by atoms with Gasteiger partial charge in [0, 0.05) is 25.7 Å². The molecule has 0 bridgehead atoms. The number of benzene rings is 4. The molecule has 14 heteroatoms. The van der Waals surface area contributed by atoms with Gasteiger partial charge < -0.3 is 38.6 Å². The molecule has 4 aromatic rings. The smallest absolute Gasteiger partial charge is 0.338 e. The fraction of sp³-hybridized carbons (Fsp3) is 0.378. The number of rotatable bonds is 9. The second kappa shape index (κ2) is 19.3. The van der Waals surface area contributed by atoms with Gasteiger partial charge in [-0.2, -0.15) is 0 Å². The fourth-order valence-electron chi connectivity index (χ4n) is 7.34. The maximum Gasteiger partial charge on any atom is 0.338 e. The average Bonchev–Trinajstić information content (AvgIpc) is 3.55. The predicted molar refractivity (Wildman–Crippen MR) is 222 cm³/mol. The number of ether oxygens (including phenoxy) is 6.